The number of hydrogen-bond donors (Lipinski definition) is 2. The largest absolute Gasteiger partial charge is 0.394 e. The van der Waals surface area contributed by atoms with Crippen LogP contribution in [0.1, 0.15) is 71.1 Å². The minimum atomic E-state index is 0.0545. The fraction of sp³-hybridized carbons (Fsp3) is 1.00. The normalized spacial score (nSPS) is 36.0. The Labute approximate surface area is 106 Å². The molecule has 2 aliphatic carbocycles. The van der Waals surface area contributed by atoms with E-state index in [1.165, 1.54) is 64.2 Å². The van der Waals surface area contributed by atoms with Crippen LogP contribution in [0.3, 0.4) is 0 Å². The molecule has 0 amide bonds. The third-order valence-corrected chi connectivity index (χ3v) is 5.04. The molecule has 2 saturated carbocycles. The van der Waals surface area contributed by atoms with Gasteiger partial charge in [-0.15, -0.1) is 0 Å². The minimum absolute atomic E-state index is 0.0545. The van der Waals surface area contributed by atoms with Gasteiger partial charge >= 0.3 is 0 Å². The van der Waals surface area contributed by atoms with Gasteiger partial charge in [0, 0.05) is 11.6 Å². The van der Waals surface area contributed by atoms with E-state index in [1.807, 2.05) is 0 Å². The van der Waals surface area contributed by atoms with E-state index in [-0.39, 0.29) is 5.54 Å². The Hall–Kier alpha value is -0.0800. The molecule has 0 saturated heterocycles. The summed E-state index contributed by atoms with van der Waals surface area (Å²) in [6.07, 6.45) is 13.0. The third-order valence-electron chi connectivity index (χ3n) is 5.04. The molecular formula is C15H29NO. The molecule has 0 bridgehead atoms. The summed E-state index contributed by atoms with van der Waals surface area (Å²) in [6.45, 7) is 2.64. The summed E-state index contributed by atoms with van der Waals surface area (Å²) < 4.78 is 0. The Morgan fingerprint density at radius 2 is 1.82 bits per heavy atom. The second kappa shape index (κ2) is 6.19. The van der Waals surface area contributed by atoms with E-state index in [0.717, 1.165) is 5.92 Å². The van der Waals surface area contributed by atoms with Crippen molar-refractivity contribution in [2.45, 2.75) is 82.7 Å². The van der Waals surface area contributed by atoms with Crippen LogP contribution in [-0.4, -0.2) is 23.3 Å². The van der Waals surface area contributed by atoms with Crippen LogP contribution in [0.15, 0.2) is 0 Å². The topological polar surface area (TPSA) is 32.3 Å². The van der Waals surface area contributed by atoms with Gasteiger partial charge in [0.2, 0.25) is 0 Å². The standard InChI is InChI=1S/C15H29NO/c1-2-13-6-5-10-15(12-17,11-9-13)16-14-7-3-4-8-14/h13-14,16-17H,2-12H2,1H3. The molecule has 17 heavy (non-hydrogen) atoms. The molecule has 2 atom stereocenters. The van der Waals surface area contributed by atoms with Gasteiger partial charge < -0.3 is 10.4 Å². The highest BCUT2D eigenvalue weighted by atomic mass is 16.3. The highest BCUT2D eigenvalue weighted by Gasteiger charge is 2.34. The van der Waals surface area contributed by atoms with E-state index in [9.17, 15) is 5.11 Å². The average Bonchev–Trinajstić information content (AvgIpc) is 2.76. The zero-order valence-corrected chi connectivity index (χ0v) is 11.4. The molecule has 100 valence electrons. The van der Waals surface area contributed by atoms with Crippen molar-refractivity contribution in [3.05, 3.63) is 0 Å². The first-order chi connectivity index (χ1) is 8.28. The number of hydrogen-bond acceptors (Lipinski definition) is 2. The maximum atomic E-state index is 9.82. The van der Waals surface area contributed by atoms with Crippen molar-refractivity contribution >= 4 is 0 Å². The number of nitrogens with one attached hydrogen (secondary N) is 1. The number of aliphatic hydroxyl groups is 1. The first-order valence-corrected chi connectivity index (χ1v) is 7.66. The zero-order valence-electron chi connectivity index (χ0n) is 11.4. The van der Waals surface area contributed by atoms with Crippen LogP contribution < -0.4 is 5.32 Å². The van der Waals surface area contributed by atoms with Crippen LogP contribution in [0.4, 0.5) is 0 Å². The molecule has 2 heteroatoms. The van der Waals surface area contributed by atoms with Gasteiger partial charge in [-0.3, -0.25) is 0 Å². The van der Waals surface area contributed by atoms with Crippen molar-refractivity contribution in [3.63, 3.8) is 0 Å². The summed E-state index contributed by atoms with van der Waals surface area (Å²) in [5.41, 5.74) is 0.0545. The SMILES string of the molecule is CCC1CCCC(CO)(NC2CCCC2)CC1. The highest BCUT2D eigenvalue weighted by Crippen LogP contribution is 2.33. The van der Waals surface area contributed by atoms with Crippen LogP contribution in [-0.2, 0) is 0 Å². The predicted molar refractivity (Wildman–Crippen MR) is 72.1 cm³/mol. The van der Waals surface area contributed by atoms with Crippen molar-refractivity contribution in [2.75, 3.05) is 6.61 Å². The summed E-state index contributed by atoms with van der Waals surface area (Å²) in [7, 11) is 0. The fourth-order valence-corrected chi connectivity index (χ4v) is 3.74. The Kier molecular flexibility index (Phi) is 4.87. The summed E-state index contributed by atoms with van der Waals surface area (Å²) in [5, 5.41) is 13.6. The van der Waals surface area contributed by atoms with Gasteiger partial charge in [-0.05, 0) is 38.0 Å². The second-order valence-electron chi connectivity index (χ2n) is 6.27. The molecule has 0 radical (unpaired) electrons. The van der Waals surface area contributed by atoms with Gasteiger partial charge in [-0.2, -0.15) is 0 Å². The smallest absolute Gasteiger partial charge is 0.0613 e. The first-order valence-electron chi connectivity index (χ1n) is 7.66. The molecule has 2 unspecified atom stereocenters. The lowest BCUT2D eigenvalue weighted by molar-refractivity contribution is 0.129. The van der Waals surface area contributed by atoms with Crippen LogP contribution in [0.5, 0.6) is 0 Å². The Morgan fingerprint density at radius 1 is 1.06 bits per heavy atom. The zero-order chi connectivity index (χ0) is 12.1. The molecule has 0 spiro atoms. The Morgan fingerprint density at radius 3 is 2.47 bits per heavy atom. The van der Waals surface area contributed by atoms with Gasteiger partial charge in [-0.1, -0.05) is 39.0 Å². The predicted octanol–water partition coefficient (Wildman–Crippen LogP) is 3.24. The summed E-state index contributed by atoms with van der Waals surface area (Å²) in [5.74, 6) is 0.897. The number of rotatable bonds is 4. The molecule has 0 aromatic rings. The molecule has 0 aromatic carbocycles. The Balaban J connectivity index is 1.92. The summed E-state index contributed by atoms with van der Waals surface area (Å²) in [6, 6.07) is 0.681. The van der Waals surface area contributed by atoms with Gasteiger partial charge in [0.1, 0.15) is 0 Å². The van der Waals surface area contributed by atoms with E-state index in [1.54, 1.807) is 0 Å². The van der Waals surface area contributed by atoms with E-state index >= 15 is 0 Å². The lowest BCUT2D eigenvalue weighted by Gasteiger charge is -2.35. The third kappa shape index (κ3) is 3.45. The van der Waals surface area contributed by atoms with Gasteiger partial charge in [0.15, 0.2) is 0 Å². The quantitative estimate of drug-likeness (QED) is 0.738. The van der Waals surface area contributed by atoms with Crippen molar-refractivity contribution in [2.24, 2.45) is 5.92 Å². The minimum Gasteiger partial charge on any atom is -0.394 e. The van der Waals surface area contributed by atoms with Crippen molar-refractivity contribution < 1.29 is 5.11 Å². The van der Waals surface area contributed by atoms with E-state index in [2.05, 4.69) is 12.2 Å². The van der Waals surface area contributed by atoms with Gasteiger partial charge in [-0.25, -0.2) is 0 Å². The van der Waals surface area contributed by atoms with E-state index in [0.29, 0.717) is 12.6 Å². The molecule has 2 rings (SSSR count). The first kappa shape index (κ1) is 13.4. The lowest BCUT2D eigenvalue weighted by atomic mass is 9.89. The van der Waals surface area contributed by atoms with Crippen LogP contribution in [0, 0.1) is 5.92 Å². The van der Waals surface area contributed by atoms with E-state index in [4.69, 9.17) is 0 Å². The molecule has 0 heterocycles. The van der Waals surface area contributed by atoms with Gasteiger partial charge in [0.25, 0.3) is 0 Å². The van der Waals surface area contributed by atoms with Crippen molar-refractivity contribution in [1.82, 2.24) is 5.32 Å². The van der Waals surface area contributed by atoms with Crippen molar-refractivity contribution in [1.29, 1.82) is 0 Å². The van der Waals surface area contributed by atoms with Gasteiger partial charge in [0.05, 0.1) is 6.61 Å². The summed E-state index contributed by atoms with van der Waals surface area (Å²) in [4.78, 5) is 0. The van der Waals surface area contributed by atoms with Crippen molar-refractivity contribution in [3.8, 4) is 0 Å². The van der Waals surface area contributed by atoms with Crippen LogP contribution in [0.2, 0.25) is 0 Å². The Bertz CT molecular complexity index is 225. The number of aliphatic hydroxyl groups excluding tert-OH is 1. The molecule has 0 aromatic heterocycles. The molecule has 2 nitrogen and oxygen atoms in total. The average molecular weight is 239 g/mol. The maximum absolute atomic E-state index is 9.82. The fourth-order valence-electron chi connectivity index (χ4n) is 3.74. The molecule has 2 N–H and O–H groups in total. The van der Waals surface area contributed by atoms with E-state index < -0.39 is 0 Å². The van der Waals surface area contributed by atoms with Crippen LogP contribution in [0.25, 0.3) is 0 Å². The second-order valence-corrected chi connectivity index (χ2v) is 6.27. The summed E-state index contributed by atoms with van der Waals surface area (Å²) >= 11 is 0. The monoisotopic (exact) mass is 239 g/mol. The molecule has 2 fully saturated rings. The lowest BCUT2D eigenvalue weighted by Crippen LogP contribution is -2.52. The molecular weight excluding hydrogens is 210 g/mol. The van der Waals surface area contributed by atoms with Crippen LogP contribution >= 0.6 is 0 Å². The maximum Gasteiger partial charge on any atom is 0.0613 e. The molecule has 0 aliphatic heterocycles. The highest BCUT2D eigenvalue weighted by molar-refractivity contribution is 4.94. The molecule has 2 aliphatic rings.